The molecule has 22 heavy (non-hydrogen) atoms. The molecule has 0 aromatic carbocycles. The molecule has 0 aliphatic carbocycles. The average molecular weight is 299 g/mol. The molecule has 3 heterocycles. The molecule has 0 saturated carbocycles. The molecule has 8 heteroatoms. The Morgan fingerprint density at radius 1 is 1.23 bits per heavy atom. The zero-order chi connectivity index (χ0) is 16.2. The summed E-state index contributed by atoms with van der Waals surface area (Å²) in [6.07, 6.45) is 1.52. The second-order valence-electron chi connectivity index (χ2n) is 5.06. The van der Waals surface area contributed by atoms with Crippen molar-refractivity contribution in [3.63, 3.8) is 0 Å². The van der Waals surface area contributed by atoms with Crippen LogP contribution in [0, 0.1) is 5.41 Å². The van der Waals surface area contributed by atoms with Crippen LogP contribution in [0.5, 0.6) is 0 Å². The minimum Gasteiger partial charge on any atom is -0.295 e. The normalized spacial score (nSPS) is 11.2. The predicted octanol–water partition coefficient (Wildman–Crippen LogP) is -0.433. The molecule has 0 radical (unpaired) electrons. The van der Waals surface area contributed by atoms with Crippen LogP contribution in [-0.4, -0.2) is 24.3 Å². The van der Waals surface area contributed by atoms with Crippen LogP contribution in [0.25, 0.3) is 16.7 Å². The summed E-state index contributed by atoms with van der Waals surface area (Å²) in [4.78, 5) is 40.0. The molecular weight excluding hydrogens is 286 g/mol. The third-order valence-corrected chi connectivity index (χ3v) is 3.67. The molecule has 0 saturated heterocycles. The molecule has 0 bridgehead atoms. The van der Waals surface area contributed by atoms with Gasteiger partial charge in [0.1, 0.15) is 16.5 Å². The number of carbonyl (C=O) groups is 1. The highest BCUT2D eigenvalue weighted by molar-refractivity contribution is 5.95. The smallest absolute Gasteiger partial charge is 0.295 e. The minimum absolute atomic E-state index is 0.0534. The van der Waals surface area contributed by atoms with Gasteiger partial charge in [-0.25, -0.2) is 9.78 Å². The lowest BCUT2D eigenvalue weighted by Crippen LogP contribution is -2.40. The number of hydrogen-bond acceptors (Lipinski definition) is 5. The second kappa shape index (κ2) is 4.48. The SMILES string of the molecule is CC(=O)c1ccn2c(=N)c3c(=O)n(C)c(=O)n(C)c3nc2c1. The summed E-state index contributed by atoms with van der Waals surface area (Å²) < 4.78 is 3.56. The van der Waals surface area contributed by atoms with Gasteiger partial charge in [-0.3, -0.25) is 28.5 Å². The maximum absolute atomic E-state index is 12.3. The number of ketones is 1. The molecule has 0 aliphatic heterocycles. The van der Waals surface area contributed by atoms with Crippen LogP contribution < -0.4 is 16.7 Å². The Morgan fingerprint density at radius 3 is 2.55 bits per heavy atom. The van der Waals surface area contributed by atoms with E-state index in [0.29, 0.717) is 11.2 Å². The number of pyridine rings is 1. The van der Waals surface area contributed by atoms with E-state index >= 15 is 0 Å². The molecule has 0 aliphatic rings. The van der Waals surface area contributed by atoms with E-state index in [2.05, 4.69) is 4.98 Å². The van der Waals surface area contributed by atoms with Gasteiger partial charge in [0.2, 0.25) is 0 Å². The fraction of sp³-hybridized carbons (Fsp3) is 0.214. The minimum atomic E-state index is -0.569. The molecule has 3 aromatic heterocycles. The Hall–Kier alpha value is -3.03. The first kappa shape index (κ1) is 13.9. The van der Waals surface area contributed by atoms with Crippen molar-refractivity contribution < 1.29 is 4.79 Å². The summed E-state index contributed by atoms with van der Waals surface area (Å²) in [5.41, 5.74) is -0.268. The monoisotopic (exact) mass is 299 g/mol. The van der Waals surface area contributed by atoms with Gasteiger partial charge in [0.15, 0.2) is 11.4 Å². The van der Waals surface area contributed by atoms with Gasteiger partial charge in [0, 0.05) is 25.9 Å². The van der Waals surface area contributed by atoms with E-state index in [1.807, 2.05) is 0 Å². The van der Waals surface area contributed by atoms with Crippen LogP contribution in [0.15, 0.2) is 27.9 Å². The van der Waals surface area contributed by atoms with Crippen molar-refractivity contribution in [2.75, 3.05) is 0 Å². The molecule has 0 spiro atoms. The lowest BCUT2D eigenvalue weighted by atomic mass is 10.2. The zero-order valence-corrected chi connectivity index (χ0v) is 12.2. The third-order valence-electron chi connectivity index (χ3n) is 3.67. The summed E-state index contributed by atoms with van der Waals surface area (Å²) in [6.45, 7) is 1.43. The molecule has 0 unspecified atom stereocenters. The van der Waals surface area contributed by atoms with E-state index in [9.17, 15) is 14.4 Å². The first-order chi connectivity index (χ1) is 10.3. The lowest BCUT2D eigenvalue weighted by molar-refractivity contribution is 0.101. The molecule has 0 fully saturated rings. The molecule has 1 N–H and O–H groups in total. The van der Waals surface area contributed by atoms with Gasteiger partial charge in [-0.1, -0.05) is 0 Å². The van der Waals surface area contributed by atoms with Crippen LogP contribution in [0.2, 0.25) is 0 Å². The Kier molecular flexibility index (Phi) is 2.84. The number of Topliss-reactive ketones (excluding diaryl/α,β-unsaturated/α-hetero) is 1. The number of aromatic nitrogens is 4. The first-order valence-electron chi connectivity index (χ1n) is 6.50. The number of carbonyl (C=O) groups excluding carboxylic acids is 1. The van der Waals surface area contributed by atoms with Crippen molar-refractivity contribution in [1.29, 1.82) is 5.41 Å². The third kappa shape index (κ3) is 1.73. The molecule has 112 valence electrons. The predicted molar refractivity (Wildman–Crippen MR) is 79.0 cm³/mol. The van der Waals surface area contributed by atoms with Crippen molar-refractivity contribution >= 4 is 22.5 Å². The van der Waals surface area contributed by atoms with Crippen molar-refractivity contribution in [2.45, 2.75) is 6.92 Å². The first-order valence-corrected chi connectivity index (χ1v) is 6.50. The largest absolute Gasteiger partial charge is 0.332 e. The highest BCUT2D eigenvalue weighted by atomic mass is 16.2. The highest BCUT2D eigenvalue weighted by Gasteiger charge is 2.14. The Balaban J connectivity index is 2.64. The number of aryl methyl sites for hydroxylation is 1. The summed E-state index contributed by atoms with van der Waals surface area (Å²) in [7, 11) is 2.85. The standard InChI is InChI=1S/C14H13N5O3/c1-7(20)8-4-5-19-9(6-8)16-12-10(11(19)15)13(21)18(3)14(22)17(12)2/h4-6,15H,1-3H3. The van der Waals surface area contributed by atoms with Gasteiger partial charge in [0.25, 0.3) is 5.56 Å². The summed E-state index contributed by atoms with van der Waals surface area (Å²) >= 11 is 0. The number of rotatable bonds is 1. The van der Waals surface area contributed by atoms with E-state index in [1.54, 1.807) is 6.07 Å². The van der Waals surface area contributed by atoms with Crippen LogP contribution in [0.3, 0.4) is 0 Å². The molecule has 0 atom stereocenters. The number of fused-ring (bicyclic) bond motifs is 2. The Labute approximate surface area is 123 Å². The van der Waals surface area contributed by atoms with E-state index in [0.717, 1.165) is 4.57 Å². The lowest BCUT2D eigenvalue weighted by Gasteiger charge is -2.09. The molecule has 3 rings (SSSR count). The highest BCUT2D eigenvalue weighted by Crippen LogP contribution is 2.07. The average Bonchev–Trinajstić information content (AvgIpc) is 2.50. The fourth-order valence-corrected chi connectivity index (χ4v) is 2.38. The zero-order valence-electron chi connectivity index (χ0n) is 12.2. The Bertz CT molecular complexity index is 1130. The number of hydrogen-bond donors (Lipinski definition) is 1. The maximum Gasteiger partial charge on any atom is 0.332 e. The van der Waals surface area contributed by atoms with Crippen molar-refractivity contribution in [3.05, 3.63) is 50.2 Å². The van der Waals surface area contributed by atoms with Crippen LogP contribution >= 0.6 is 0 Å². The van der Waals surface area contributed by atoms with Gasteiger partial charge >= 0.3 is 5.69 Å². The van der Waals surface area contributed by atoms with Crippen molar-refractivity contribution in [1.82, 2.24) is 18.5 Å². The van der Waals surface area contributed by atoms with E-state index < -0.39 is 11.2 Å². The van der Waals surface area contributed by atoms with Crippen LogP contribution in [-0.2, 0) is 14.1 Å². The summed E-state index contributed by atoms with van der Waals surface area (Å²) in [5, 5.41) is 8.28. The molecule has 3 aromatic rings. The van der Waals surface area contributed by atoms with Gasteiger partial charge in [0.05, 0.1) is 0 Å². The topological polar surface area (TPSA) is 102 Å². The van der Waals surface area contributed by atoms with E-state index in [4.69, 9.17) is 5.41 Å². The number of nitrogens with one attached hydrogen (secondary N) is 1. The van der Waals surface area contributed by atoms with Crippen molar-refractivity contribution in [2.24, 2.45) is 14.1 Å². The van der Waals surface area contributed by atoms with Crippen LogP contribution in [0.1, 0.15) is 17.3 Å². The van der Waals surface area contributed by atoms with Gasteiger partial charge < -0.3 is 0 Å². The van der Waals surface area contributed by atoms with Gasteiger partial charge in [-0.15, -0.1) is 0 Å². The van der Waals surface area contributed by atoms with Gasteiger partial charge in [-0.05, 0) is 19.1 Å². The van der Waals surface area contributed by atoms with E-state index in [1.165, 1.54) is 42.3 Å². The quantitative estimate of drug-likeness (QED) is 0.486. The molecular formula is C14H13N5O3. The molecule has 8 nitrogen and oxygen atoms in total. The maximum atomic E-state index is 12.3. The van der Waals surface area contributed by atoms with Crippen LogP contribution in [0.4, 0.5) is 0 Å². The molecule has 0 amide bonds. The fourth-order valence-electron chi connectivity index (χ4n) is 2.38. The van der Waals surface area contributed by atoms with Gasteiger partial charge in [-0.2, -0.15) is 0 Å². The summed E-state index contributed by atoms with van der Waals surface area (Å²) in [5.74, 6) is -0.131. The summed E-state index contributed by atoms with van der Waals surface area (Å²) in [6, 6.07) is 3.09. The number of nitrogens with zero attached hydrogens (tertiary/aromatic N) is 4. The van der Waals surface area contributed by atoms with Crippen molar-refractivity contribution in [3.8, 4) is 0 Å². The Morgan fingerprint density at radius 2 is 1.91 bits per heavy atom. The second-order valence-corrected chi connectivity index (χ2v) is 5.06. The van der Waals surface area contributed by atoms with E-state index in [-0.39, 0.29) is 22.3 Å².